The van der Waals surface area contributed by atoms with Gasteiger partial charge >= 0.3 is 5.97 Å². The van der Waals surface area contributed by atoms with Crippen molar-refractivity contribution in [2.75, 3.05) is 13.1 Å². The summed E-state index contributed by atoms with van der Waals surface area (Å²) in [4.78, 5) is 14.4. The third-order valence-electron chi connectivity index (χ3n) is 2.99. The minimum atomic E-state index is -0.699. The fourth-order valence-electron chi connectivity index (χ4n) is 1.79. The van der Waals surface area contributed by atoms with E-state index in [0.29, 0.717) is 5.92 Å². The predicted molar refractivity (Wildman–Crippen MR) is 70.4 cm³/mol. The van der Waals surface area contributed by atoms with Crippen LogP contribution in [0.5, 0.6) is 0 Å². The van der Waals surface area contributed by atoms with Crippen molar-refractivity contribution in [2.45, 2.75) is 39.2 Å². The van der Waals surface area contributed by atoms with Crippen LogP contribution in [0.25, 0.3) is 0 Å². The quantitative estimate of drug-likeness (QED) is 0.623. The lowest BCUT2D eigenvalue weighted by atomic mass is 10.0. The summed E-state index contributed by atoms with van der Waals surface area (Å²) in [5.74, 6) is -0.225. The number of rotatable bonds is 10. The summed E-state index contributed by atoms with van der Waals surface area (Å²) >= 11 is 0. The van der Waals surface area contributed by atoms with E-state index in [1.807, 2.05) is 12.5 Å². The topological polar surface area (TPSA) is 67.2 Å². The van der Waals surface area contributed by atoms with Crippen molar-refractivity contribution < 1.29 is 9.90 Å². The lowest BCUT2D eigenvalue weighted by Crippen LogP contribution is -2.20. The molecule has 0 radical (unpaired) electrons. The molecule has 0 aliphatic rings. The molecular weight excluding hydrogens is 230 g/mol. The van der Waals surface area contributed by atoms with Crippen LogP contribution in [0.2, 0.25) is 0 Å². The second-order valence-electron chi connectivity index (χ2n) is 4.73. The van der Waals surface area contributed by atoms with Crippen LogP contribution < -0.4 is 5.32 Å². The summed E-state index contributed by atoms with van der Waals surface area (Å²) in [5, 5.41) is 12.0. The van der Waals surface area contributed by atoms with E-state index in [1.54, 1.807) is 6.20 Å². The van der Waals surface area contributed by atoms with Crippen LogP contribution in [0.1, 0.15) is 32.6 Å². The Bertz CT molecular complexity index is 325. The van der Waals surface area contributed by atoms with Gasteiger partial charge in [0.2, 0.25) is 0 Å². The second kappa shape index (κ2) is 8.69. The van der Waals surface area contributed by atoms with Crippen molar-refractivity contribution in [1.29, 1.82) is 0 Å². The third-order valence-corrected chi connectivity index (χ3v) is 2.99. The average molecular weight is 253 g/mol. The van der Waals surface area contributed by atoms with Crippen molar-refractivity contribution in [2.24, 2.45) is 5.92 Å². The minimum absolute atomic E-state index is 0.280. The van der Waals surface area contributed by atoms with Gasteiger partial charge in [0.05, 0.1) is 6.33 Å². The summed E-state index contributed by atoms with van der Waals surface area (Å²) in [7, 11) is 0. The maximum absolute atomic E-state index is 10.4. The van der Waals surface area contributed by atoms with Gasteiger partial charge in [-0.2, -0.15) is 0 Å². The Morgan fingerprint density at radius 3 is 2.94 bits per heavy atom. The van der Waals surface area contributed by atoms with Gasteiger partial charge in [-0.3, -0.25) is 4.79 Å². The minimum Gasteiger partial charge on any atom is -0.481 e. The van der Waals surface area contributed by atoms with Crippen molar-refractivity contribution >= 4 is 5.97 Å². The summed E-state index contributed by atoms with van der Waals surface area (Å²) in [6.45, 7) is 5.05. The highest BCUT2D eigenvalue weighted by molar-refractivity contribution is 5.66. The molecule has 5 nitrogen and oxygen atoms in total. The molecule has 0 aromatic carbocycles. The third kappa shape index (κ3) is 7.06. The van der Waals surface area contributed by atoms with Gasteiger partial charge in [0.1, 0.15) is 0 Å². The molecule has 1 atom stereocenters. The molecule has 0 saturated carbocycles. The average Bonchev–Trinajstić information content (AvgIpc) is 2.84. The summed E-state index contributed by atoms with van der Waals surface area (Å²) < 4.78 is 2.07. The fraction of sp³-hybridized carbons (Fsp3) is 0.692. The summed E-state index contributed by atoms with van der Waals surface area (Å²) in [6, 6.07) is 0. The van der Waals surface area contributed by atoms with E-state index in [2.05, 4.69) is 21.8 Å². The van der Waals surface area contributed by atoms with Crippen molar-refractivity contribution in [1.82, 2.24) is 14.9 Å². The first-order valence-corrected chi connectivity index (χ1v) is 6.56. The molecule has 1 rings (SSSR count). The number of nitrogens with zero attached hydrogens (tertiary/aromatic N) is 2. The first kappa shape index (κ1) is 14.7. The van der Waals surface area contributed by atoms with Crippen LogP contribution in [-0.2, 0) is 11.3 Å². The lowest BCUT2D eigenvalue weighted by molar-refractivity contribution is -0.137. The van der Waals surface area contributed by atoms with Crippen molar-refractivity contribution in [3.63, 3.8) is 0 Å². The highest BCUT2D eigenvalue weighted by atomic mass is 16.4. The zero-order valence-corrected chi connectivity index (χ0v) is 11.0. The molecule has 1 unspecified atom stereocenters. The normalized spacial score (nSPS) is 12.5. The number of aryl methyl sites for hydroxylation is 1. The van der Waals surface area contributed by atoms with E-state index in [9.17, 15) is 4.79 Å². The van der Waals surface area contributed by atoms with E-state index in [-0.39, 0.29) is 6.42 Å². The molecule has 0 bridgehead atoms. The van der Waals surface area contributed by atoms with Gasteiger partial charge in [-0.05, 0) is 38.3 Å². The molecule has 1 aromatic rings. The first-order chi connectivity index (χ1) is 8.68. The first-order valence-electron chi connectivity index (χ1n) is 6.56. The van der Waals surface area contributed by atoms with Gasteiger partial charge in [-0.15, -0.1) is 0 Å². The maximum Gasteiger partial charge on any atom is 0.303 e. The van der Waals surface area contributed by atoms with E-state index in [4.69, 9.17) is 5.11 Å². The highest BCUT2D eigenvalue weighted by Gasteiger charge is 2.04. The Morgan fingerprint density at radius 2 is 2.28 bits per heavy atom. The molecule has 5 heteroatoms. The number of aromatic nitrogens is 2. The number of carboxylic acids is 1. The van der Waals surface area contributed by atoms with Crippen LogP contribution in [0, 0.1) is 5.92 Å². The highest BCUT2D eigenvalue weighted by Crippen LogP contribution is 2.08. The molecule has 0 saturated heterocycles. The monoisotopic (exact) mass is 253 g/mol. The summed E-state index contributed by atoms with van der Waals surface area (Å²) in [6.07, 6.45) is 8.76. The van der Waals surface area contributed by atoms with Crippen LogP contribution in [0.15, 0.2) is 18.7 Å². The largest absolute Gasteiger partial charge is 0.481 e. The zero-order chi connectivity index (χ0) is 13.2. The van der Waals surface area contributed by atoms with Gasteiger partial charge in [0.15, 0.2) is 0 Å². The van der Waals surface area contributed by atoms with Crippen LogP contribution in [-0.4, -0.2) is 33.7 Å². The van der Waals surface area contributed by atoms with Gasteiger partial charge < -0.3 is 15.0 Å². The Labute approximate surface area is 108 Å². The van der Waals surface area contributed by atoms with Crippen LogP contribution in [0.4, 0.5) is 0 Å². The number of carboxylic acid groups (broad SMARTS) is 1. The molecule has 2 N–H and O–H groups in total. The lowest BCUT2D eigenvalue weighted by Gasteiger charge is -2.10. The van der Waals surface area contributed by atoms with Gasteiger partial charge in [-0.25, -0.2) is 4.98 Å². The van der Waals surface area contributed by atoms with Gasteiger partial charge in [-0.1, -0.05) is 6.92 Å². The molecule has 102 valence electrons. The van der Waals surface area contributed by atoms with E-state index in [0.717, 1.165) is 38.9 Å². The fourth-order valence-corrected chi connectivity index (χ4v) is 1.79. The number of nitrogens with one attached hydrogen (secondary N) is 1. The molecule has 0 aliphatic heterocycles. The van der Waals surface area contributed by atoms with Gasteiger partial charge in [0, 0.05) is 25.4 Å². The van der Waals surface area contributed by atoms with Crippen molar-refractivity contribution in [3.05, 3.63) is 18.7 Å². The Kier molecular flexibility index (Phi) is 7.10. The Morgan fingerprint density at radius 1 is 1.44 bits per heavy atom. The molecule has 0 amide bonds. The number of imidazole rings is 1. The van der Waals surface area contributed by atoms with Crippen molar-refractivity contribution in [3.8, 4) is 0 Å². The zero-order valence-electron chi connectivity index (χ0n) is 11.0. The number of hydrogen-bond acceptors (Lipinski definition) is 3. The van der Waals surface area contributed by atoms with Crippen LogP contribution in [0.3, 0.4) is 0 Å². The van der Waals surface area contributed by atoms with E-state index in [1.165, 1.54) is 0 Å². The van der Waals surface area contributed by atoms with Crippen LogP contribution >= 0.6 is 0 Å². The van der Waals surface area contributed by atoms with Gasteiger partial charge in [0.25, 0.3) is 0 Å². The molecule has 18 heavy (non-hydrogen) atoms. The smallest absolute Gasteiger partial charge is 0.303 e. The number of hydrogen-bond donors (Lipinski definition) is 2. The maximum atomic E-state index is 10.4. The van der Waals surface area contributed by atoms with E-state index >= 15 is 0 Å². The molecular formula is C13H23N3O2. The molecule has 0 aliphatic carbocycles. The molecule has 0 fully saturated rings. The second-order valence-corrected chi connectivity index (χ2v) is 4.73. The standard InChI is InChI=1S/C13H23N3O2/c1-12(3-4-13(17)18)5-7-14-6-2-9-16-10-8-15-11-16/h8,10-12,14H,2-7,9H2,1H3,(H,17,18). The Hall–Kier alpha value is -1.36. The molecule has 0 spiro atoms. The SMILES string of the molecule is CC(CCNCCCn1ccnc1)CCC(=O)O. The number of carbonyl (C=O) groups is 1. The molecule has 1 heterocycles. The predicted octanol–water partition coefficient (Wildman–Crippen LogP) is 1.75. The van der Waals surface area contributed by atoms with E-state index < -0.39 is 5.97 Å². The number of aliphatic carboxylic acids is 1. The molecule has 1 aromatic heterocycles. The summed E-state index contributed by atoms with van der Waals surface area (Å²) in [5.41, 5.74) is 0. The Balaban J connectivity index is 1.90.